The second kappa shape index (κ2) is 14.4. The van der Waals surface area contributed by atoms with Crippen LogP contribution in [-0.4, -0.2) is 62.4 Å². The van der Waals surface area contributed by atoms with Crippen LogP contribution in [0, 0.1) is 0 Å². The summed E-state index contributed by atoms with van der Waals surface area (Å²) in [6.45, 7) is 11.6. The molecule has 0 bridgehead atoms. The van der Waals surface area contributed by atoms with Crippen LogP contribution in [0.1, 0.15) is 13.8 Å². The molecule has 0 aliphatic rings. The molecule has 0 saturated carbocycles. The Morgan fingerprint density at radius 2 is 1.35 bits per heavy atom. The lowest BCUT2D eigenvalue weighted by Crippen LogP contribution is -2.33. The van der Waals surface area contributed by atoms with Crippen molar-refractivity contribution in [2.24, 2.45) is 0 Å². The maximum Gasteiger partial charge on any atom is 0.332 e. The molecule has 2 atom stereocenters. The van der Waals surface area contributed by atoms with Gasteiger partial charge in [0.15, 0.2) is 0 Å². The number of aliphatic hydroxyl groups is 3. The first-order valence-electron chi connectivity index (χ1n) is 5.98. The Balaban J connectivity index is -0.000000284. The zero-order valence-corrected chi connectivity index (χ0v) is 12.9. The van der Waals surface area contributed by atoms with Crippen molar-refractivity contribution in [3.8, 4) is 0 Å². The van der Waals surface area contributed by atoms with Gasteiger partial charge >= 0.3 is 17.9 Å². The Kier molecular flexibility index (Phi) is 16.0. The minimum absolute atomic E-state index is 0.176. The van der Waals surface area contributed by atoms with Crippen molar-refractivity contribution in [1.29, 1.82) is 0 Å². The van der Waals surface area contributed by atoms with Gasteiger partial charge < -0.3 is 30.3 Å². The molecule has 132 valence electrons. The van der Waals surface area contributed by atoms with Crippen LogP contribution < -0.4 is 0 Å². The Morgan fingerprint density at radius 1 is 1.04 bits per heavy atom. The highest BCUT2D eigenvalue weighted by Gasteiger charge is 2.17. The Morgan fingerprint density at radius 3 is 1.52 bits per heavy atom. The molecule has 23 heavy (non-hydrogen) atoms. The van der Waals surface area contributed by atoms with E-state index in [-0.39, 0.29) is 11.1 Å². The summed E-state index contributed by atoms with van der Waals surface area (Å²) in [7, 11) is 0. The number of aliphatic hydroxyl groups excluding tert-OH is 3. The van der Waals surface area contributed by atoms with Crippen molar-refractivity contribution >= 4 is 17.9 Å². The third-order valence-corrected chi connectivity index (χ3v) is 1.65. The quantitative estimate of drug-likeness (QED) is 0.249. The average Bonchev–Trinajstić information content (AvgIpc) is 2.46. The minimum Gasteiger partial charge on any atom is -0.478 e. The van der Waals surface area contributed by atoms with Crippen LogP contribution in [0.25, 0.3) is 0 Å². The van der Waals surface area contributed by atoms with E-state index in [0.717, 1.165) is 6.08 Å². The fraction of sp³-hybridized carbons (Fsp3) is 0.357. The predicted octanol–water partition coefficient (Wildman–Crippen LogP) is -0.319. The molecule has 0 heterocycles. The first kappa shape index (κ1) is 25.5. The number of esters is 1. The van der Waals surface area contributed by atoms with Crippen LogP contribution in [0.3, 0.4) is 0 Å². The van der Waals surface area contributed by atoms with Gasteiger partial charge in [-0.3, -0.25) is 0 Å². The van der Waals surface area contributed by atoms with Crippen molar-refractivity contribution in [1.82, 2.24) is 0 Å². The average molecular weight is 334 g/mol. The van der Waals surface area contributed by atoms with E-state index in [4.69, 9.17) is 25.5 Å². The third kappa shape index (κ3) is 19.5. The lowest BCUT2D eigenvalue weighted by Gasteiger charge is -2.14. The van der Waals surface area contributed by atoms with E-state index in [2.05, 4.69) is 24.5 Å². The van der Waals surface area contributed by atoms with Crippen molar-refractivity contribution in [2.75, 3.05) is 6.61 Å². The molecular weight excluding hydrogens is 312 g/mol. The number of carboxylic acids is 2. The van der Waals surface area contributed by atoms with Crippen LogP contribution in [0.4, 0.5) is 0 Å². The summed E-state index contributed by atoms with van der Waals surface area (Å²) in [5.74, 6) is -2.73. The summed E-state index contributed by atoms with van der Waals surface area (Å²) >= 11 is 0. The maximum atomic E-state index is 10.3. The SMILES string of the molecule is C=C(C)C(=O)O.C=C(C)C(=O)O.C=CC(=O)OC(O)C(O)CO. The molecule has 0 aliphatic heterocycles. The van der Waals surface area contributed by atoms with Gasteiger partial charge in [-0.1, -0.05) is 19.7 Å². The molecule has 0 aromatic heterocycles. The number of carbonyl (C=O) groups excluding carboxylic acids is 1. The fourth-order valence-electron chi connectivity index (χ4n) is 0.336. The van der Waals surface area contributed by atoms with Crippen LogP contribution in [0.15, 0.2) is 37.0 Å². The smallest absolute Gasteiger partial charge is 0.332 e. The van der Waals surface area contributed by atoms with Gasteiger partial charge in [-0.05, 0) is 13.8 Å². The predicted molar refractivity (Wildman–Crippen MR) is 80.3 cm³/mol. The highest BCUT2D eigenvalue weighted by molar-refractivity contribution is 5.85. The monoisotopic (exact) mass is 334 g/mol. The van der Waals surface area contributed by atoms with Crippen LogP contribution >= 0.6 is 0 Å². The van der Waals surface area contributed by atoms with E-state index >= 15 is 0 Å². The summed E-state index contributed by atoms with van der Waals surface area (Å²) in [5.41, 5.74) is 0.352. The maximum absolute atomic E-state index is 10.3. The fourth-order valence-corrected chi connectivity index (χ4v) is 0.336. The van der Waals surface area contributed by atoms with Gasteiger partial charge in [0.1, 0.15) is 6.10 Å². The van der Waals surface area contributed by atoms with Crippen LogP contribution in [0.5, 0.6) is 0 Å². The first-order chi connectivity index (χ1) is 10.4. The number of ether oxygens (including phenoxy) is 1. The molecule has 0 aromatic rings. The number of hydrogen-bond acceptors (Lipinski definition) is 7. The van der Waals surface area contributed by atoms with Crippen molar-refractivity contribution < 1.29 is 44.7 Å². The van der Waals surface area contributed by atoms with Crippen LogP contribution in [-0.2, 0) is 19.1 Å². The van der Waals surface area contributed by atoms with Gasteiger partial charge in [0, 0.05) is 17.2 Å². The molecule has 0 aromatic carbocycles. The minimum atomic E-state index is -1.70. The molecule has 5 N–H and O–H groups in total. The summed E-state index contributed by atoms with van der Waals surface area (Å²) in [6, 6.07) is 0. The Hall–Kier alpha value is -2.49. The summed E-state index contributed by atoms with van der Waals surface area (Å²) in [5, 5.41) is 41.4. The topological polar surface area (TPSA) is 162 Å². The number of aliphatic carboxylic acids is 2. The second-order valence-electron chi connectivity index (χ2n) is 3.95. The van der Waals surface area contributed by atoms with E-state index in [9.17, 15) is 14.4 Å². The molecule has 0 rings (SSSR count). The van der Waals surface area contributed by atoms with Crippen molar-refractivity contribution in [2.45, 2.75) is 26.2 Å². The summed E-state index contributed by atoms with van der Waals surface area (Å²) < 4.78 is 4.14. The van der Waals surface area contributed by atoms with Gasteiger partial charge in [-0.25, -0.2) is 14.4 Å². The van der Waals surface area contributed by atoms with E-state index in [1.807, 2.05) is 0 Å². The highest BCUT2D eigenvalue weighted by Crippen LogP contribution is 1.95. The standard InChI is InChI=1S/C6H10O5.2C4H6O2/c1-2-5(9)11-6(10)4(8)3-7;2*1-3(2)4(5)6/h2,4,6-8,10H,1,3H2;2*1H2,2H3,(H,5,6). The van der Waals surface area contributed by atoms with Gasteiger partial charge in [0.25, 0.3) is 0 Å². The van der Waals surface area contributed by atoms with E-state index < -0.39 is 36.9 Å². The van der Waals surface area contributed by atoms with Gasteiger partial charge in [-0.2, -0.15) is 0 Å². The molecular formula is C14H22O9. The number of carbonyl (C=O) groups is 3. The highest BCUT2D eigenvalue weighted by atomic mass is 16.6. The molecule has 0 fully saturated rings. The normalized spacial score (nSPS) is 11.2. The number of hydrogen-bond donors (Lipinski definition) is 5. The molecule has 0 spiro atoms. The molecule has 2 unspecified atom stereocenters. The molecule has 0 amide bonds. The van der Waals surface area contributed by atoms with Crippen LogP contribution in [0.2, 0.25) is 0 Å². The zero-order valence-electron chi connectivity index (χ0n) is 12.9. The Labute approximate surface area is 133 Å². The van der Waals surface area contributed by atoms with Crippen molar-refractivity contribution in [3.63, 3.8) is 0 Å². The molecule has 0 aliphatic carbocycles. The van der Waals surface area contributed by atoms with Gasteiger partial charge in [0.05, 0.1) is 6.61 Å². The molecule has 0 radical (unpaired) electrons. The molecule has 0 saturated heterocycles. The Bertz CT molecular complexity index is 392. The molecule has 9 nitrogen and oxygen atoms in total. The second-order valence-corrected chi connectivity index (χ2v) is 3.95. The lowest BCUT2D eigenvalue weighted by atomic mass is 10.4. The van der Waals surface area contributed by atoms with Gasteiger partial charge in [-0.15, -0.1) is 0 Å². The number of rotatable bonds is 6. The van der Waals surface area contributed by atoms with E-state index in [0.29, 0.717) is 0 Å². The summed E-state index contributed by atoms with van der Waals surface area (Å²) in [6.07, 6.45) is -2.34. The first-order valence-corrected chi connectivity index (χ1v) is 5.98. The summed E-state index contributed by atoms with van der Waals surface area (Å²) in [4.78, 5) is 29.5. The largest absolute Gasteiger partial charge is 0.478 e. The lowest BCUT2D eigenvalue weighted by molar-refractivity contribution is -0.185. The third-order valence-electron chi connectivity index (χ3n) is 1.65. The number of carboxylic acid groups (broad SMARTS) is 2. The van der Waals surface area contributed by atoms with Gasteiger partial charge in [0.2, 0.25) is 6.29 Å². The zero-order chi connectivity index (χ0) is 19.2. The van der Waals surface area contributed by atoms with E-state index in [1.54, 1.807) is 0 Å². The van der Waals surface area contributed by atoms with Crippen molar-refractivity contribution in [3.05, 3.63) is 37.0 Å². The van der Waals surface area contributed by atoms with E-state index in [1.165, 1.54) is 13.8 Å². The molecule has 9 heteroatoms.